The molecular formula is C18H21Cl2N3O4. The monoisotopic (exact) mass is 413 g/mol. The van der Waals surface area contributed by atoms with Crippen LogP contribution in [0.4, 0.5) is 5.82 Å². The molecule has 7 nitrogen and oxygen atoms in total. The maximum Gasteiger partial charge on any atom is 0.164 e. The Hall–Kier alpha value is -1.53. The van der Waals surface area contributed by atoms with Gasteiger partial charge in [0.05, 0.1) is 22.2 Å². The molecule has 0 aliphatic carbocycles. The lowest BCUT2D eigenvalue weighted by Gasteiger charge is -2.22. The van der Waals surface area contributed by atoms with Crippen molar-refractivity contribution in [3.05, 3.63) is 27.7 Å². The summed E-state index contributed by atoms with van der Waals surface area (Å²) >= 11 is 12.3. The average Bonchev–Trinajstić information content (AvgIpc) is 3.10. The first-order valence-electron chi connectivity index (χ1n) is 8.73. The Labute approximate surface area is 166 Å². The largest absolute Gasteiger partial charge is 0.394 e. The summed E-state index contributed by atoms with van der Waals surface area (Å²) in [5.41, 5.74) is 0.882. The fourth-order valence-electron chi connectivity index (χ4n) is 3.33. The first kappa shape index (κ1) is 20.2. The summed E-state index contributed by atoms with van der Waals surface area (Å²) in [5, 5.41) is 44.2. The minimum atomic E-state index is -1.29. The molecule has 0 unspecified atom stereocenters. The molecule has 2 heterocycles. The Morgan fingerprint density at radius 2 is 1.96 bits per heavy atom. The number of halogens is 2. The number of hydrogen-bond donors (Lipinski definition) is 4. The van der Waals surface area contributed by atoms with Crippen LogP contribution in [0.15, 0.2) is 12.1 Å². The first-order valence-corrected chi connectivity index (χ1v) is 9.49. The number of rotatable bonds is 6. The highest BCUT2D eigenvalue weighted by Crippen LogP contribution is 2.41. The number of aliphatic hydroxyl groups is 3. The average molecular weight is 414 g/mol. The zero-order valence-electron chi connectivity index (χ0n) is 14.7. The number of nitriles is 1. The van der Waals surface area contributed by atoms with Gasteiger partial charge in [0.15, 0.2) is 6.23 Å². The Morgan fingerprint density at radius 3 is 2.56 bits per heavy atom. The molecule has 27 heavy (non-hydrogen) atoms. The van der Waals surface area contributed by atoms with E-state index in [0.717, 1.165) is 12.8 Å². The molecule has 0 amide bonds. The maximum atomic E-state index is 10.5. The second-order valence-electron chi connectivity index (χ2n) is 6.50. The van der Waals surface area contributed by atoms with Crippen molar-refractivity contribution in [3.63, 3.8) is 0 Å². The lowest BCUT2D eigenvalue weighted by molar-refractivity contribution is -0.0497. The Morgan fingerprint density at radius 1 is 1.26 bits per heavy atom. The fraction of sp³-hybridized carbons (Fsp3) is 0.500. The molecule has 1 saturated heterocycles. The third-order valence-corrected chi connectivity index (χ3v) is 5.47. The molecule has 0 saturated carbocycles. The standard InChI is InChI=1S/C18H21Cl2N3O4/c1-2-3-4-22-17-10(7-21)9-5-11(19)12(20)6-13(9)23(17)18-16(26)15(25)14(8-24)27-18/h5-6,14-16,18,22,24-26H,2-4,8H2,1H3/t14-,15-,16-,18-/m1/s1. The van der Waals surface area contributed by atoms with Gasteiger partial charge in [-0.15, -0.1) is 0 Å². The van der Waals surface area contributed by atoms with Crippen molar-refractivity contribution in [2.24, 2.45) is 0 Å². The highest BCUT2D eigenvalue weighted by molar-refractivity contribution is 6.42. The molecule has 1 aromatic carbocycles. The molecule has 1 aromatic heterocycles. The normalized spacial score (nSPS) is 25.1. The van der Waals surface area contributed by atoms with E-state index in [0.29, 0.717) is 38.9 Å². The third-order valence-electron chi connectivity index (χ3n) is 4.75. The first-order chi connectivity index (χ1) is 12.9. The number of nitrogens with one attached hydrogen (secondary N) is 1. The SMILES string of the molecule is CCCCNc1c(C#N)c2cc(Cl)c(Cl)cc2n1[C@@H]1O[C@H](CO)[C@@H](O)[C@H]1O. The van der Waals surface area contributed by atoms with Crippen LogP contribution >= 0.6 is 23.2 Å². The highest BCUT2D eigenvalue weighted by atomic mass is 35.5. The van der Waals surface area contributed by atoms with E-state index in [1.807, 2.05) is 6.92 Å². The number of fused-ring (bicyclic) bond motifs is 1. The predicted molar refractivity (Wildman–Crippen MR) is 103 cm³/mol. The topological polar surface area (TPSA) is 111 Å². The van der Waals surface area contributed by atoms with Gasteiger partial charge in [0.25, 0.3) is 0 Å². The van der Waals surface area contributed by atoms with E-state index in [2.05, 4.69) is 11.4 Å². The van der Waals surface area contributed by atoms with Gasteiger partial charge in [-0.3, -0.25) is 4.57 Å². The van der Waals surface area contributed by atoms with Crippen molar-refractivity contribution in [3.8, 4) is 6.07 Å². The van der Waals surface area contributed by atoms with E-state index in [1.54, 1.807) is 16.7 Å². The van der Waals surface area contributed by atoms with Crippen molar-refractivity contribution in [2.75, 3.05) is 18.5 Å². The summed E-state index contributed by atoms with van der Waals surface area (Å²) in [6.07, 6.45) is -2.63. The molecule has 4 atom stereocenters. The van der Waals surface area contributed by atoms with Gasteiger partial charge in [-0.25, -0.2) is 0 Å². The van der Waals surface area contributed by atoms with E-state index in [9.17, 15) is 20.6 Å². The lowest BCUT2D eigenvalue weighted by Crippen LogP contribution is -2.33. The van der Waals surface area contributed by atoms with E-state index in [1.165, 1.54) is 0 Å². The van der Waals surface area contributed by atoms with Crippen LogP contribution in [0.3, 0.4) is 0 Å². The number of ether oxygens (including phenoxy) is 1. The predicted octanol–water partition coefficient (Wildman–Crippen LogP) is 2.64. The number of hydrogen-bond acceptors (Lipinski definition) is 6. The van der Waals surface area contributed by atoms with Gasteiger partial charge < -0.3 is 25.4 Å². The number of benzene rings is 1. The highest BCUT2D eigenvalue weighted by Gasteiger charge is 2.45. The van der Waals surface area contributed by atoms with Gasteiger partial charge in [-0.2, -0.15) is 5.26 Å². The van der Waals surface area contributed by atoms with Crippen LogP contribution in [-0.4, -0.2) is 51.4 Å². The van der Waals surface area contributed by atoms with Gasteiger partial charge in [0.1, 0.15) is 35.8 Å². The number of unbranched alkanes of at least 4 members (excludes halogenated alkanes) is 1. The summed E-state index contributed by atoms with van der Waals surface area (Å²) in [4.78, 5) is 0. The van der Waals surface area contributed by atoms with Crippen LogP contribution in [0, 0.1) is 11.3 Å². The number of nitrogens with zero attached hydrogens (tertiary/aromatic N) is 2. The molecule has 0 radical (unpaired) electrons. The zero-order valence-corrected chi connectivity index (χ0v) is 16.2. The molecule has 2 aromatic rings. The Balaban J connectivity index is 2.21. The van der Waals surface area contributed by atoms with Crippen LogP contribution < -0.4 is 5.32 Å². The molecule has 1 fully saturated rings. The summed E-state index contributed by atoms with van der Waals surface area (Å²) < 4.78 is 7.30. The lowest BCUT2D eigenvalue weighted by atomic mass is 10.1. The molecule has 4 N–H and O–H groups in total. The smallest absolute Gasteiger partial charge is 0.164 e. The summed E-state index contributed by atoms with van der Waals surface area (Å²) in [7, 11) is 0. The van der Waals surface area contributed by atoms with Crippen LogP contribution in [0.2, 0.25) is 10.0 Å². The molecular weight excluding hydrogens is 393 g/mol. The quantitative estimate of drug-likeness (QED) is 0.541. The number of aliphatic hydroxyl groups excluding tert-OH is 3. The minimum absolute atomic E-state index is 0.291. The van der Waals surface area contributed by atoms with Crippen molar-refractivity contribution in [1.29, 1.82) is 5.26 Å². The molecule has 9 heteroatoms. The Bertz CT molecular complexity index is 880. The van der Waals surface area contributed by atoms with E-state index >= 15 is 0 Å². The molecule has 1 aliphatic heterocycles. The van der Waals surface area contributed by atoms with Crippen LogP contribution in [-0.2, 0) is 4.74 Å². The molecule has 0 bridgehead atoms. The Kier molecular flexibility index (Phi) is 6.16. The molecule has 1 aliphatic rings. The van der Waals surface area contributed by atoms with Crippen molar-refractivity contribution in [1.82, 2.24) is 4.57 Å². The number of aromatic nitrogens is 1. The van der Waals surface area contributed by atoms with Gasteiger partial charge in [-0.05, 0) is 18.6 Å². The van der Waals surface area contributed by atoms with E-state index in [4.69, 9.17) is 27.9 Å². The van der Waals surface area contributed by atoms with Crippen molar-refractivity contribution >= 4 is 39.9 Å². The summed E-state index contributed by atoms with van der Waals surface area (Å²) in [6.45, 7) is 2.22. The van der Waals surface area contributed by atoms with Crippen molar-refractivity contribution in [2.45, 2.75) is 44.3 Å². The summed E-state index contributed by atoms with van der Waals surface area (Å²) in [6, 6.07) is 5.37. The van der Waals surface area contributed by atoms with Gasteiger partial charge >= 0.3 is 0 Å². The fourth-order valence-corrected chi connectivity index (χ4v) is 3.65. The van der Waals surface area contributed by atoms with E-state index < -0.39 is 31.1 Å². The van der Waals surface area contributed by atoms with E-state index in [-0.39, 0.29) is 0 Å². The van der Waals surface area contributed by atoms with Crippen LogP contribution in [0.25, 0.3) is 10.9 Å². The van der Waals surface area contributed by atoms with Crippen LogP contribution in [0.5, 0.6) is 0 Å². The maximum absolute atomic E-state index is 10.5. The minimum Gasteiger partial charge on any atom is -0.394 e. The van der Waals surface area contributed by atoms with Crippen molar-refractivity contribution < 1.29 is 20.1 Å². The summed E-state index contributed by atoms with van der Waals surface area (Å²) in [5.74, 6) is 0.453. The van der Waals surface area contributed by atoms with Gasteiger partial charge in [0.2, 0.25) is 0 Å². The number of anilines is 1. The molecule has 146 valence electrons. The zero-order chi connectivity index (χ0) is 19.7. The molecule has 3 rings (SSSR count). The second-order valence-corrected chi connectivity index (χ2v) is 7.31. The van der Waals surface area contributed by atoms with Gasteiger partial charge in [-0.1, -0.05) is 36.5 Å². The molecule has 0 spiro atoms. The van der Waals surface area contributed by atoms with Gasteiger partial charge in [0, 0.05) is 11.9 Å². The second kappa shape index (κ2) is 8.23. The van der Waals surface area contributed by atoms with Crippen LogP contribution in [0.1, 0.15) is 31.6 Å². The third kappa shape index (κ3) is 3.49.